The van der Waals surface area contributed by atoms with E-state index in [2.05, 4.69) is 10.6 Å². The van der Waals surface area contributed by atoms with Gasteiger partial charge >= 0.3 is 0 Å². The van der Waals surface area contributed by atoms with Gasteiger partial charge in [0.25, 0.3) is 0 Å². The zero-order chi connectivity index (χ0) is 19.5. The first-order valence-electron chi connectivity index (χ1n) is 8.36. The minimum Gasteiger partial charge on any atom is -0.325 e. The molecular weight excluding hydrogens is 326 g/mol. The number of nitrogens with one attached hydrogen (secondary N) is 2. The molecule has 0 atom stereocenters. The standard InChI is InChI=1S/C21H23N3O2/c1-13-10-14(2)18(15(3)11-13)24-20(26)21(4,5)19(25)23-17-8-6-16(12-22)7-9-17/h6-11H,1-5H3,(H,23,25)(H,24,26). The molecule has 0 radical (unpaired) electrons. The van der Waals surface area contributed by atoms with Gasteiger partial charge in [-0.1, -0.05) is 17.7 Å². The van der Waals surface area contributed by atoms with Gasteiger partial charge in [0.2, 0.25) is 11.8 Å². The Hall–Kier alpha value is -3.13. The van der Waals surface area contributed by atoms with Gasteiger partial charge in [0.15, 0.2) is 0 Å². The normalized spacial score (nSPS) is 10.8. The van der Waals surface area contributed by atoms with Crippen molar-refractivity contribution in [1.82, 2.24) is 0 Å². The highest BCUT2D eigenvalue weighted by Crippen LogP contribution is 2.26. The molecule has 0 saturated heterocycles. The van der Waals surface area contributed by atoms with Crippen LogP contribution in [-0.4, -0.2) is 11.8 Å². The molecule has 5 heteroatoms. The van der Waals surface area contributed by atoms with Crippen molar-refractivity contribution < 1.29 is 9.59 Å². The molecule has 0 spiro atoms. The average molecular weight is 349 g/mol. The summed E-state index contributed by atoms with van der Waals surface area (Å²) in [7, 11) is 0. The van der Waals surface area contributed by atoms with Gasteiger partial charge < -0.3 is 10.6 Å². The van der Waals surface area contributed by atoms with Crippen molar-refractivity contribution in [2.75, 3.05) is 10.6 Å². The lowest BCUT2D eigenvalue weighted by molar-refractivity contribution is -0.135. The number of amides is 2. The minimum absolute atomic E-state index is 0.376. The fraction of sp³-hybridized carbons (Fsp3) is 0.286. The van der Waals surface area contributed by atoms with Crippen molar-refractivity contribution in [3.05, 3.63) is 58.7 Å². The van der Waals surface area contributed by atoms with E-state index in [4.69, 9.17) is 5.26 Å². The SMILES string of the molecule is Cc1cc(C)c(NC(=O)C(C)(C)C(=O)Nc2ccc(C#N)cc2)c(C)c1. The highest BCUT2D eigenvalue weighted by Gasteiger charge is 2.36. The highest BCUT2D eigenvalue weighted by molar-refractivity contribution is 6.14. The first-order chi connectivity index (χ1) is 12.1. The first kappa shape index (κ1) is 19.2. The Morgan fingerprint density at radius 3 is 1.92 bits per heavy atom. The third-order valence-electron chi connectivity index (χ3n) is 4.32. The second kappa shape index (κ2) is 7.40. The summed E-state index contributed by atoms with van der Waals surface area (Å²) >= 11 is 0. The van der Waals surface area contributed by atoms with E-state index < -0.39 is 11.3 Å². The first-order valence-corrected chi connectivity index (χ1v) is 8.36. The van der Waals surface area contributed by atoms with Crippen LogP contribution in [-0.2, 0) is 9.59 Å². The fourth-order valence-electron chi connectivity index (χ4n) is 2.67. The molecule has 0 unspecified atom stereocenters. The number of aryl methyl sites for hydroxylation is 3. The van der Waals surface area contributed by atoms with Crippen LogP contribution in [0.15, 0.2) is 36.4 Å². The van der Waals surface area contributed by atoms with Crippen molar-refractivity contribution in [3.8, 4) is 6.07 Å². The third kappa shape index (κ3) is 4.09. The molecule has 2 N–H and O–H groups in total. The largest absolute Gasteiger partial charge is 0.325 e. The van der Waals surface area contributed by atoms with E-state index in [0.717, 1.165) is 22.4 Å². The molecule has 26 heavy (non-hydrogen) atoms. The molecule has 0 aromatic heterocycles. The maximum Gasteiger partial charge on any atom is 0.239 e. The van der Waals surface area contributed by atoms with E-state index >= 15 is 0 Å². The third-order valence-corrected chi connectivity index (χ3v) is 4.32. The second-order valence-corrected chi connectivity index (χ2v) is 7.00. The number of hydrogen-bond donors (Lipinski definition) is 2. The number of rotatable bonds is 4. The Kier molecular flexibility index (Phi) is 5.47. The summed E-state index contributed by atoms with van der Waals surface area (Å²) in [4.78, 5) is 25.3. The Bertz CT molecular complexity index is 867. The molecule has 2 amide bonds. The molecular formula is C21H23N3O2. The van der Waals surface area contributed by atoms with Crippen LogP contribution in [0.2, 0.25) is 0 Å². The molecule has 2 aromatic carbocycles. The van der Waals surface area contributed by atoms with Gasteiger partial charge in [0, 0.05) is 11.4 Å². The fourth-order valence-corrected chi connectivity index (χ4v) is 2.67. The molecule has 0 heterocycles. The Morgan fingerprint density at radius 1 is 0.923 bits per heavy atom. The lowest BCUT2D eigenvalue weighted by Gasteiger charge is -2.24. The molecule has 0 fully saturated rings. The van der Waals surface area contributed by atoms with E-state index in [9.17, 15) is 9.59 Å². The number of hydrogen-bond acceptors (Lipinski definition) is 3. The summed E-state index contributed by atoms with van der Waals surface area (Å²) in [6.07, 6.45) is 0. The van der Waals surface area contributed by atoms with Crippen molar-refractivity contribution >= 4 is 23.2 Å². The van der Waals surface area contributed by atoms with Gasteiger partial charge in [-0.05, 0) is 70.0 Å². The van der Waals surface area contributed by atoms with Crippen LogP contribution in [0.25, 0.3) is 0 Å². The van der Waals surface area contributed by atoms with E-state index in [0.29, 0.717) is 11.3 Å². The zero-order valence-electron chi connectivity index (χ0n) is 15.7. The Balaban J connectivity index is 2.16. The summed E-state index contributed by atoms with van der Waals surface area (Å²) in [5.41, 5.74) is 3.55. The van der Waals surface area contributed by atoms with Crippen molar-refractivity contribution in [1.29, 1.82) is 5.26 Å². The van der Waals surface area contributed by atoms with Crippen molar-refractivity contribution in [3.63, 3.8) is 0 Å². The van der Waals surface area contributed by atoms with Crippen LogP contribution in [0.3, 0.4) is 0 Å². The summed E-state index contributed by atoms with van der Waals surface area (Å²) in [6, 6.07) is 12.5. The molecule has 2 aromatic rings. The molecule has 5 nitrogen and oxygen atoms in total. The molecule has 134 valence electrons. The Morgan fingerprint density at radius 2 is 1.42 bits per heavy atom. The van der Waals surface area contributed by atoms with Crippen LogP contribution in [0, 0.1) is 37.5 Å². The summed E-state index contributed by atoms with van der Waals surface area (Å²) in [5.74, 6) is -0.791. The van der Waals surface area contributed by atoms with Crippen molar-refractivity contribution in [2.24, 2.45) is 5.41 Å². The van der Waals surface area contributed by atoms with Crippen LogP contribution in [0.5, 0.6) is 0 Å². The topological polar surface area (TPSA) is 82.0 Å². The molecule has 2 rings (SSSR count). The second-order valence-electron chi connectivity index (χ2n) is 7.00. The number of nitrogens with zero attached hydrogens (tertiary/aromatic N) is 1. The monoisotopic (exact) mass is 349 g/mol. The van der Waals surface area contributed by atoms with Crippen LogP contribution >= 0.6 is 0 Å². The maximum absolute atomic E-state index is 12.7. The molecule has 0 aliphatic heterocycles. The van der Waals surface area contributed by atoms with E-state index in [1.54, 1.807) is 38.1 Å². The van der Waals surface area contributed by atoms with Crippen molar-refractivity contribution in [2.45, 2.75) is 34.6 Å². The Labute approximate surface area is 154 Å². The summed E-state index contributed by atoms with van der Waals surface area (Å²) in [6.45, 7) is 9.03. The predicted octanol–water partition coefficient (Wildman–Crippen LogP) is 4.09. The van der Waals surface area contributed by atoms with Gasteiger partial charge in [0.1, 0.15) is 5.41 Å². The number of anilines is 2. The number of carbonyl (C=O) groups excluding carboxylic acids is 2. The molecule has 0 aliphatic carbocycles. The minimum atomic E-state index is -1.27. The average Bonchev–Trinajstić information content (AvgIpc) is 2.58. The summed E-state index contributed by atoms with van der Waals surface area (Å²) in [5, 5.41) is 14.4. The van der Waals surface area contributed by atoms with Gasteiger partial charge in [-0.2, -0.15) is 5.26 Å². The number of carbonyl (C=O) groups is 2. The van der Waals surface area contributed by atoms with Gasteiger partial charge in [-0.3, -0.25) is 9.59 Å². The van der Waals surface area contributed by atoms with Gasteiger partial charge in [-0.25, -0.2) is 0 Å². The van der Waals surface area contributed by atoms with E-state index in [1.165, 1.54) is 0 Å². The number of benzene rings is 2. The van der Waals surface area contributed by atoms with Gasteiger partial charge in [-0.15, -0.1) is 0 Å². The lowest BCUT2D eigenvalue weighted by Crippen LogP contribution is -2.41. The molecule has 0 bridgehead atoms. The van der Waals surface area contributed by atoms with Crippen LogP contribution in [0.1, 0.15) is 36.1 Å². The highest BCUT2D eigenvalue weighted by atomic mass is 16.2. The van der Waals surface area contributed by atoms with Gasteiger partial charge in [0.05, 0.1) is 11.6 Å². The van der Waals surface area contributed by atoms with E-state index in [-0.39, 0.29) is 5.91 Å². The number of nitriles is 1. The smallest absolute Gasteiger partial charge is 0.239 e. The summed E-state index contributed by atoms with van der Waals surface area (Å²) < 4.78 is 0. The molecule has 0 aliphatic rings. The maximum atomic E-state index is 12.7. The van der Waals surface area contributed by atoms with Crippen LogP contribution in [0.4, 0.5) is 11.4 Å². The van der Waals surface area contributed by atoms with Crippen LogP contribution < -0.4 is 10.6 Å². The zero-order valence-corrected chi connectivity index (χ0v) is 15.7. The molecule has 0 saturated carbocycles. The quantitative estimate of drug-likeness (QED) is 0.816. The lowest BCUT2D eigenvalue weighted by atomic mass is 9.90. The predicted molar refractivity (Wildman–Crippen MR) is 103 cm³/mol. The van der Waals surface area contributed by atoms with E-state index in [1.807, 2.05) is 39.0 Å².